The second-order valence-corrected chi connectivity index (χ2v) is 4.29. The van der Waals surface area contributed by atoms with Crippen LogP contribution in [0.2, 0.25) is 0 Å². The van der Waals surface area contributed by atoms with Gasteiger partial charge in [0.1, 0.15) is 0 Å². The summed E-state index contributed by atoms with van der Waals surface area (Å²) in [7, 11) is 0. The van der Waals surface area contributed by atoms with Gasteiger partial charge in [0, 0.05) is 24.0 Å². The van der Waals surface area contributed by atoms with Gasteiger partial charge < -0.3 is 0 Å². The van der Waals surface area contributed by atoms with Gasteiger partial charge in [0.15, 0.2) is 0 Å². The van der Waals surface area contributed by atoms with Crippen molar-refractivity contribution < 1.29 is 0 Å². The molecule has 4 heteroatoms. The molecule has 0 unspecified atom stereocenters. The number of halogens is 2. The second kappa shape index (κ2) is 6.39. The zero-order valence-corrected chi connectivity index (χ0v) is 10.9. The molecule has 0 saturated carbocycles. The van der Waals surface area contributed by atoms with Crippen LogP contribution in [-0.4, -0.2) is 21.5 Å². The molecular formula is C11H18Cl2N2. The van der Waals surface area contributed by atoms with Gasteiger partial charge in [-0.2, -0.15) is 5.10 Å². The van der Waals surface area contributed by atoms with Crippen molar-refractivity contribution in [2.24, 2.45) is 5.92 Å². The Morgan fingerprint density at radius 3 is 2.47 bits per heavy atom. The summed E-state index contributed by atoms with van der Waals surface area (Å²) in [6.45, 7) is 5.13. The Balaban J connectivity index is 2.77. The first kappa shape index (κ1) is 12.9. The Morgan fingerprint density at radius 1 is 1.33 bits per heavy atom. The Morgan fingerprint density at radius 2 is 2.00 bits per heavy atom. The quantitative estimate of drug-likeness (QED) is 0.708. The Hall–Kier alpha value is -0.210. The van der Waals surface area contributed by atoms with E-state index >= 15 is 0 Å². The maximum absolute atomic E-state index is 5.84. The largest absolute Gasteiger partial charge is 0.270 e. The van der Waals surface area contributed by atoms with Crippen molar-refractivity contribution in [3.8, 4) is 0 Å². The lowest BCUT2D eigenvalue weighted by molar-refractivity contribution is 0.566. The molecule has 0 saturated heterocycles. The summed E-state index contributed by atoms with van der Waals surface area (Å²) < 4.78 is 2.05. The van der Waals surface area contributed by atoms with Crippen LogP contribution in [0.5, 0.6) is 0 Å². The van der Waals surface area contributed by atoms with Crippen molar-refractivity contribution in [3.05, 3.63) is 17.5 Å². The molecular weight excluding hydrogens is 231 g/mol. The van der Waals surface area contributed by atoms with E-state index in [1.54, 1.807) is 0 Å². The highest BCUT2D eigenvalue weighted by molar-refractivity contribution is 6.20. The molecule has 1 heterocycles. The maximum Gasteiger partial charge on any atom is 0.0624 e. The standard InChI is InChI=1S/C11H18Cl2N2/c1-3-10-6-11(15(4-2)14-10)5-9(7-12)8-13/h6,9H,3-5,7-8H2,1-2H3. The molecule has 15 heavy (non-hydrogen) atoms. The zero-order chi connectivity index (χ0) is 11.3. The highest BCUT2D eigenvalue weighted by atomic mass is 35.5. The number of rotatable bonds is 6. The van der Waals surface area contributed by atoms with E-state index in [0.29, 0.717) is 17.7 Å². The van der Waals surface area contributed by atoms with Crippen LogP contribution in [0.1, 0.15) is 25.2 Å². The number of aryl methyl sites for hydroxylation is 2. The molecule has 1 aromatic heterocycles. The average Bonchev–Trinajstić information content (AvgIpc) is 2.68. The summed E-state index contributed by atoms with van der Waals surface area (Å²) in [5.74, 6) is 1.57. The smallest absolute Gasteiger partial charge is 0.0624 e. The van der Waals surface area contributed by atoms with Gasteiger partial charge in [0.2, 0.25) is 0 Å². The van der Waals surface area contributed by atoms with E-state index in [2.05, 4.69) is 25.0 Å². The predicted molar refractivity (Wildman–Crippen MR) is 65.9 cm³/mol. The van der Waals surface area contributed by atoms with Crippen molar-refractivity contribution in [2.45, 2.75) is 33.2 Å². The van der Waals surface area contributed by atoms with E-state index in [4.69, 9.17) is 23.2 Å². The Labute approximate surface area is 102 Å². The summed E-state index contributed by atoms with van der Waals surface area (Å²) in [5.41, 5.74) is 2.40. The lowest BCUT2D eigenvalue weighted by atomic mass is 10.1. The molecule has 1 aromatic rings. The van der Waals surface area contributed by atoms with Gasteiger partial charge in [-0.05, 0) is 31.7 Å². The normalized spacial score (nSPS) is 11.3. The average molecular weight is 249 g/mol. The van der Waals surface area contributed by atoms with E-state index in [0.717, 1.165) is 25.1 Å². The molecule has 0 aliphatic carbocycles. The van der Waals surface area contributed by atoms with Crippen LogP contribution in [0.15, 0.2) is 6.07 Å². The van der Waals surface area contributed by atoms with Crippen LogP contribution >= 0.6 is 23.2 Å². The molecule has 1 rings (SSSR count). The fraction of sp³-hybridized carbons (Fsp3) is 0.727. The van der Waals surface area contributed by atoms with E-state index in [1.807, 2.05) is 4.68 Å². The zero-order valence-electron chi connectivity index (χ0n) is 9.34. The van der Waals surface area contributed by atoms with E-state index < -0.39 is 0 Å². The third-order valence-electron chi connectivity index (χ3n) is 2.51. The van der Waals surface area contributed by atoms with Crippen molar-refractivity contribution >= 4 is 23.2 Å². The number of alkyl halides is 2. The summed E-state index contributed by atoms with van der Waals surface area (Å²) in [5, 5.41) is 4.50. The number of hydrogen-bond donors (Lipinski definition) is 0. The maximum atomic E-state index is 5.84. The van der Waals surface area contributed by atoms with Crippen molar-refractivity contribution in [2.75, 3.05) is 11.8 Å². The SMILES string of the molecule is CCc1cc(CC(CCl)CCl)n(CC)n1. The lowest BCUT2D eigenvalue weighted by Crippen LogP contribution is -2.12. The van der Waals surface area contributed by atoms with Gasteiger partial charge in [0.25, 0.3) is 0 Å². The van der Waals surface area contributed by atoms with Crippen LogP contribution in [0.3, 0.4) is 0 Å². The van der Waals surface area contributed by atoms with E-state index in [9.17, 15) is 0 Å². The predicted octanol–water partition coefficient (Wildman–Crippen LogP) is 3.10. The van der Waals surface area contributed by atoms with Crippen LogP contribution < -0.4 is 0 Å². The fourth-order valence-electron chi connectivity index (χ4n) is 1.57. The molecule has 0 aliphatic rings. The summed E-state index contributed by atoms with van der Waals surface area (Å²) in [6.07, 6.45) is 1.90. The molecule has 0 atom stereocenters. The minimum absolute atomic E-state index is 0.347. The minimum atomic E-state index is 0.347. The van der Waals surface area contributed by atoms with Gasteiger partial charge in [-0.3, -0.25) is 4.68 Å². The fourth-order valence-corrected chi connectivity index (χ4v) is 2.12. The molecule has 2 nitrogen and oxygen atoms in total. The second-order valence-electron chi connectivity index (χ2n) is 3.68. The van der Waals surface area contributed by atoms with Crippen LogP contribution in [-0.2, 0) is 19.4 Å². The number of aromatic nitrogens is 2. The number of nitrogens with zero attached hydrogens (tertiary/aromatic N) is 2. The molecule has 86 valence electrons. The first-order chi connectivity index (χ1) is 7.24. The molecule has 0 bridgehead atoms. The third kappa shape index (κ3) is 3.39. The lowest BCUT2D eigenvalue weighted by Gasteiger charge is -2.10. The molecule has 0 spiro atoms. The molecule has 0 amide bonds. The minimum Gasteiger partial charge on any atom is -0.270 e. The summed E-state index contributed by atoms with van der Waals surface area (Å²) in [4.78, 5) is 0. The van der Waals surface area contributed by atoms with Crippen molar-refractivity contribution in [1.29, 1.82) is 0 Å². The van der Waals surface area contributed by atoms with Crippen LogP contribution in [0.4, 0.5) is 0 Å². The van der Waals surface area contributed by atoms with E-state index in [-0.39, 0.29) is 0 Å². The van der Waals surface area contributed by atoms with Crippen molar-refractivity contribution in [3.63, 3.8) is 0 Å². The van der Waals surface area contributed by atoms with Gasteiger partial charge in [-0.25, -0.2) is 0 Å². The summed E-state index contributed by atoms with van der Waals surface area (Å²) in [6, 6.07) is 2.16. The van der Waals surface area contributed by atoms with Gasteiger partial charge in [-0.15, -0.1) is 23.2 Å². The van der Waals surface area contributed by atoms with Crippen molar-refractivity contribution in [1.82, 2.24) is 9.78 Å². The summed E-state index contributed by atoms with van der Waals surface area (Å²) >= 11 is 11.7. The highest BCUT2D eigenvalue weighted by Crippen LogP contribution is 2.14. The van der Waals surface area contributed by atoms with Gasteiger partial charge in [0.05, 0.1) is 5.69 Å². The van der Waals surface area contributed by atoms with Crippen LogP contribution in [0, 0.1) is 5.92 Å². The van der Waals surface area contributed by atoms with E-state index in [1.165, 1.54) is 5.69 Å². The third-order valence-corrected chi connectivity index (χ3v) is 3.38. The highest BCUT2D eigenvalue weighted by Gasteiger charge is 2.12. The monoisotopic (exact) mass is 248 g/mol. The topological polar surface area (TPSA) is 17.8 Å². The van der Waals surface area contributed by atoms with Gasteiger partial charge in [-0.1, -0.05) is 6.92 Å². The van der Waals surface area contributed by atoms with Gasteiger partial charge >= 0.3 is 0 Å². The molecule has 0 aliphatic heterocycles. The van der Waals surface area contributed by atoms with Crippen LogP contribution in [0.25, 0.3) is 0 Å². The molecule has 0 fully saturated rings. The number of hydrogen-bond acceptors (Lipinski definition) is 1. The first-order valence-electron chi connectivity index (χ1n) is 5.42. The molecule has 0 aromatic carbocycles. The first-order valence-corrected chi connectivity index (χ1v) is 6.49. The Kier molecular flexibility index (Phi) is 5.48. The molecule has 0 N–H and O–H groups in total. The Bertz CT molecular complexity index is 293. The molecule has 0 radical (unpaired) electrons.